The molecule has 26 heavy (non-hydrogen) atoms. The van der Waals surface area contributed by atoms with Crippen molar-refractivity contribution in [2.24, 2.45) is 5.92 Å². The van der Waals surface area contributed by atoms with Crippen LogP contribution in [0.1, 0.15) is 31.4 Å². The SMILES string of the molecule is COC(=O)C1(N[C@@H](CC(C)C)C(=O)O)c2ccccc2-c2ccccc21. The Morgan fingerprint density at radius 1 is 1.04 bits per heavy atom. The number of hydrogen-bond acceptors (Lipinski definition) is 4. The van der Waals surface area contributed by atoms with Crippen LogP contribution in [0.4, 0.5) is 0 Å². The number of hydrogen-bond donors (Lipinski definition) is 2. The molecule has 2 aromatic rings. The van der Waals surface area contributed by atoms with Crippen molar-refractivity contribution in [1.82, 2.24) is 5.32 Å². The normalized spacial score (nSPS) is 15.2. The third-order valence-corrected chi connectivity index (χ3v) is 4.84. The van der Waals surface area contributed by atoms with Crippen molar-refractivity contribution in [3.63, 3.8) is 0 Å². The fourth-order valence-electron chi connectivity index (χ4n) is 3.78. The van der Waals surface area contributed by atoms with E-state index < -0.39 is 23.5 Å². The van der Waals surface area contributed by atoms with Gasteiger partial charge in [0.1, 0.15) is 6.04 Å². The predicted octanol–water partition coefficient (Wildman–Crippen LogP) is 3.17. The number of carbonyl (C=O) groups is 2. The number of esters is 1. The zero-order chi connectivity index (χ0) is 18.9. The van der Waals surface area contributed by atoms with E-state index in [1.807, 2.05) is 62.4 Å². The first kappa shape index (κ1) is 18.1. The van der Waals surface area contributed by atoms with Gasteiger partial charge in [0, 0.05) is 0 Å². The topological polar surface area (TPSA) is 75.6 Å². The van der Waals surface area contributed by atoms with Crippen LogP contribution in [0.2, 0.25) is 0 Å². The van der Waals surface area contributed by atoms with Crippen LogP contribution >= 0.6 is 0 Å². The zero-order valence-corrected chi connectivity index (χ0v) is 15.2. The number of carboxylic acid groups (broad SMARTS) is 1. The standard InChI is InChI=1S/C21H23NO4/c1-13(2)12-18(19(23)24)22-21(20(25)26-3)16-10-6-4-8-14(16)15-9-5-7-11-17(15)21/h4-11,13,18,22H,12H2,1-3H3,(H,23,24)/t18-/m0/s1. The van der Waals surface area contributed by atoms with Crippen molar-refractivity contribution in [3.8, 4) is 11.1 Å². The van der Waals surface area contributed by atoms with Gasteiger partial charge in [-0.15, -0.1) is 0 Å². The van der Waals surface area contributed by atoms with Crippen molar-refractivity contribution in [2.45, 2.75) is 31.8 Å². The molecule has 5 heteroatoms. The van der Waals surface area contributed by atoms with Crippen molar-refractivity contribution in [3.05, 3.63) is 59.7 Å². The van der Waals surface area contributed by atoms with Gasteiger partial charge in [-0.1, -0.05) is 62.4 Å². The lowest BCUT2D eigenvalue weighted by Gasteiger charge is -2.33. The molecule has 0 radical (unpaired) electrons. The third-order valence-electron chi connectivity index (χ3n) is 4.84. The monoisotopic (exact) mass is 353 g/mol. The molecule has 0 unspecified atom stereocenters. The summed E-state index contributed by atoms with van der Waals surface area (Å²) in [4.78, 5) is 24.9. The average molecular weight is 353 g/mol. The van der Waals surface area contributed by atoms with Crippen molar-refractivity contribution in [2.75, 3.05) is 7.11 Å². The highest BCUT2D eigenvalue weighted by molar-refractivity contribution is 5.98. The third kappa shape index (κ3) is 2.78. The molecule has 0 aromatic heterocycles. The molecular formula is C21H23NO4. The fraction of sp³-hybridized carbons (Fsp3) is 0.333. The lowest BCUT2D eigenvalue weighted by Crippen LogP contribution is -2.56. The van der Waals surface area contributed by atoms with Gasteiger partial charge in [-0.05, 0) is 34.6 Å². The van der Waals surface area contributed by atoms with E-state index in [1.165, 1.54) is 7.11 Å². The van der Waals surface area contributed by atoms with Gasteiger partial charge < -0.3 is 9.84 Å². The predicted molar refractivity (Wildman–Crippen MR) is 98.7 cm³/mol. The Morgan fingerprint density at radius 2 is 1.54 bits per heavy atom. The molecule has 0 fully saturated rings. The Balaban J connectivity index is 2.23. The van der Waals surface area contributed by atoms with Gasteiger partial charge >= 0.3 is 11.9 Å². The number of nitrogens with one attached hydrogen (secondary N) is 1. The number of aliphatic carboxylic acids is 1. The molecule has 0 amide bonds. The highest BCUT2D eigenvalue weighted by Gasteiger charge is 2.52. The molecule has 2 N–H and O–H groups in total. The molecular weight excluding hydrogens is 330 g/mol. The maximum absolute atomic E-state index is 13.0. The van der Waals surface area contributed by atoms with Crippen LogP contribution in [0.3, 0.4) is 0 Å². The first-order valence-corrected chi connectivity index (χ1v) is 8.70. The summed E-state index contributed by atoms with van der Waals surface area (Å²) in [6, 6.07) is 14.2. The van der Waals surface area contributed by atoms with Crippen LogP contribution in [-0.2, 0) is 19.9 Å². The molecule has 1 aliphatic carbocycles. The van der Waals surface area contributed by atoms with Crippen LogP contribution in [0.25, 0.3) is 11.1 Å². The lowest BCUT2D eigenvalue weighted by atomic mass is 9.85. The van der Waals surface area contributed by atoms with Gasteiger partial charge in [0.05, 0.1) is 7.11 Å². The van der Waals surface area contributed by atoms with E-state index in [0.717, 1.165) is 22.3 Å². The molecule has 136 valence electrons. The zero-order valence-electron chi connectivity index (χ0n) is 15.2. The second-order valence-electron chi connectivity index (χ2n) is 7.00. The molecule has 2 aromatic carbocycles. The molecule has 1 aliphatic rings. The van der Waals surface area contributed by atoms with Gasteiger partial charge in [0.25, 0.3) is 0 Å². The molecule has 0 spiro atoms. The molecule has 0 saturated heterocycles. The Morgan fingerprint density at radius 3 is 1.96 bits per heavy atom. The molecule has 0 saturated carbocycles. The van der Waals surface area contributed by atoms with Gasteiger partial charge in [-0.2, -0.15) is 0 Å². The average Bonchev–Trinajstić information content (AvgIpc) is 2.91. The molecule has 0 bridgehead atoms. The van der Waals surface area contributed by atoms with E-state index in [0.29, 0.717) is 6.42 Å². The summed E-state index contributed by atoms with van der Waals surface area (Å²) in [6.45, 7) is 3.91. The molecule has 0 heterocycles. The smallest absolute Gasteiger partial charge is 0.335 e. The Hall–Kier alpha value is -2.66. The fourth-order valence-corrected chi connectivity index (χ4v) is 3.78. The number of benzene rings is 2. The van der Waals surface area contributed by atoms with Crippen LogP contribution in [-0.4, -0.2) is 30.2 Å². The second kappa shape index (κ2) is 6.92. The minimum Gasteiger partial charge on any atom is -0.480 e. The summed E-state index contributed by atoms with van der Waals surface area (Å²) in [5.41, 5.74) is 1.94. The van der Waals surface area contributed by atoms with Crippen LogP contribution < -0.4 is 5.32 Å². The van der Waals surface area contributed by atoms with E-state index in [4.69, 9.17) is 4.74 Å². The molecule has 0 aliphatic heterocycles. The van der Waals surface area contributed by atoms with Crippen LogP contribution in [0, 0.1) is 5.92 Å². The van der Waals surface area contributed by atoms with E-state index in [9.17, 15) is 14.7 Å². The van der Waals surface area contributed by atoms with E-state index >= 15 is 0 Å². The van der Waals surface area contributed by atoms with Crippen molar-refractivity contribution in [1.29, 1.82) is 0 Å². The Bertz CT molecular complexity index is 798. The lowest BCUT2D eigenvalue weighted by molar-refractivity contribution is -0.149. The highest BCUT2D eigenvalue weighted by Crippen LogP contribution is 2.48. The Kier molecular flexibility index (Phi) is 4.83. The van der Waals surface area contributed by atoms with Crippen LogP contribution in [0.15, 0.2) is 48.5 Å². The maximum Gasteiger partial charge on any atom is 0.335 e. The van der Waals surface area contributed by atoms with Gasteiger partial charge in [0.15, 0.2) is 5.54 Å². The van der Waals surface area contributed by atoms with Crippen molar-refractivity contribution >= 4 is 11.9 Å². The quantitative estimate of drug-likeness (QED) is 0.780. The summed E-state index contributed by atoms with van der Waals surface area (Å²) in [7, 11) is 1.33. The largest absolute Gasteiger partial charge is 0.480 e. The Labute approximate surface area is 153 Å². The number of ether oxygens (including phenoxy) is 1. The van der Waals surface area contributed by atoms with E-state index in [-0.39, 0.29) is 5.92 Å². The summed E-state index contributed by atoms with van der Waals surface area (Å²) in [5.74, 6) is -1.33. The second-order valence-corrected chi connectivity index (χ2v) is 7.00. The number of carbonyl (C=O) groups excluding carboxylic acids is 1. The highest BCUT2D eigenvalue weighted by atomic mass is 16.5. The minimum absolute atomic E-state index is 0.158. The number of rotatable bonds is 6. The van der Waals surface area contributed by atoms with Gasteiger partial charge in [0.2, 0.25) is 0 Å². The number of fused-ring (bicyclic) bond motifs is 3. The molecule has 1 atom stereocenters. The number of carboxylic acids is 1. The summed E-state index contributed by atoms with van der Waals surface area (Å²) < 4.78 is 5.14. The van der Waals surface area contributed by atoms with E-state index in [2.05, 4.69) is 5.32 Å². The minimum atomic E-state index is -1.33. The van der Waals surface area contributed by atoms with Gasteiger partial charge in [-0.3, -0.25) is 10.1 Å². The van der Waals surface area contributed by atoms with E-state index in [1.54, 1.807) is 0 Å². The van der Waals surface area contributed by atoms with Crippen LogP contribution in [0.5, 0.6) is 0 Å². The summed E-state index contributed by atoms with van der Waals surface area (Å²) in [6.07, 6.45) is 0.401. The first-order valence-electron chi connectivity index (χ1n) is 8.70. The number of methoxy groups -OCH3 is 1. The molecule has 5 nitrogen and oxygen atoms in total. The first-order chi connectivity index (χ1) is 12.4. The summed E-state index contributed by atoms with van der Waals surface area (Å²) >= 11 is 0. The van der Waals surface area contributed by atoms with Crippen molar-refractivity contribution < 1.29 is 19.4 Å². The summed E-state index contributed by atoms with van der Waals surface area (Å²) in [5, 5.41) is 12.9. The molecule has 3 rings (SSSR count). The van der Waals surface area contributed by atoms with Gasteiger partial charge in [-0.25, -0.2) is 4.79 Å². The maximum atomic E-state index is 13.0.